The van der Waals surface area contributed by atoms with Crippen molar-refractivity contribution in [1.82, 2.24) is 0 Å². The molecule has 0 unspecified atom stereocenters. The van der Waals surface area contributed by atoms with Crippen molar-refractivity contribution in [3.05, 3.63) is 52.1 Å². The fourth-order valence-corrected chi connectivity index (χ4v) is 2.39. The molecule has 0 aromatic heterocycles. The lowest BCUT2D eigenvalue weighted by Gasteiger charge is -2.29. The molecule has 0 saturated heterocycles. The zero-order chi connectivity index (χ0) is 15.9. The van der Waals surface area contributed by atoms with Gasteiger partial charge in [-0.05, 0) is 12.1 Å². The second-order valence-electron chi connectivity index (χ2n) is 4.71. The molecule has 0 amide bonds. The van der Waals surface area contributed by atoms with E-state index in [0.717, 1.165) is 5.69 Å². The molecule has 112 valence electrons. The number of hydrogen-bond acceptors (Lipinski definition) is 6. The van der Waals surface area contributed by atoms with Gasteiger partial charge in [-0.2, -0.15) is 0 Å². The van der Waals surface area contributed by atoms with Crippen molar-refractivity contribution in [3.8, 4) is 11.5 Å². The SMILES string of the molecule is COC(=O)c1cc2c(cc1[N+](=O)[O-])N(C)c1ccccc1O2. The molecule has 0 spiro atoms. The number of para-hydroxylation sites is 2. The Bertz CT molecular complexity index is 787. The van der Waals surface area contributed by atoms with Crippen LogP contribution in [0.4, 0.5) is 17.1 Å². The maximum absolute atomic E-state index is 11.8. The highest BCUT2D eigenvalue weighted by atomic mass is 16.6. The highest BCUT2D eigenvalue weighted by molar-refractivity contribution is 5.96. The predicted molar refractivity (Wildman–Crippen MR) is 79.0 cm³/mol. The number of nitro groups is 1. The van der Waals surface area contributed by atoms with Gasteiger partial charge >= 0.3 is 5.97 Å². The Labute approximate surface area is 125 Å². The normalized spacial score (nSPS) is 12.0. The molecule has 7 heteroatoms. The Kier molecular flexibility index (Phi) is 3.17. The Morgan fingerprint density at radius 1 is 1.23 bits per heavy atom. The quantitative estimate of drug-likeness (QED) is 0.481. The second-order valence-corrected chi connectivity index (χ2v) is 4.71. The van der Waals surface area contributed by atoms with E-state index in [1.165, 1.54) is 19.2 Å². The predicted octanol–water partition coefficient (Wildman–Crippen LogP) is 3.26. The third-order valence-electron chi connectivity index (χ3n) is 3.49. The first-order valence-electron chi connectivity index (χ1n) is 6.44. The van der Waals surface area contributed by atoms with Crippen molar-refractivity contribution in [2.45, 2.75) is 0 Å². The molecule has 0 bridgehead atoms. The number of anilines is 2. The Morgan fingerprint density at radius 2 is 1.95 bits per heavy atom. The summed E-state index contributed by atoms with van der Waals surface area (Å²) in [4.78, 5) is 24.1. The fraction of sp³-hybridized carbons (Fsp3) is 0.133. The van der Waals surface area contributed by atoms with Crippen molar-refractivity contribution in [2.75, 3.05) is 19.1 Å². The van der Waals surface area contributed by atoms with Crippen LogP contribution in [0.3, 0.4) is 0 Å². The minimum atomic E-state index is -0.778. The van der Waals surface area contributed by atoms with Crippen LogP contribution in [-0.4, -0.2) is 25.1 Å². The molecule has 0 N–H and O–H groups in total. The molecule has 22 heavy (non-hydrogen) atoms. The minimum absolute atomic E-state index is 0.140. The molecule has 2 aromatic carbocycles. The summed E-state index contributed by atoms with van der Waals surface area (Å²) < 4.78 is 10.3. The van der Waals surface area contributed by atoms with Crippen LogP contribution >= 0.6 is 0 Å². The molecule has 1 aliphatic heterocycles. The van der Waals surface area contributed by atoms with Crippen LogP contribution in [-0.2, 0) is 4.74 Å². The van der Waals surface area contributed by atoms with Crippen molar-refractivity contribution in [3.63, 3.8) is 0 Å². The summed E-state index contributed by atoms with van der Waals surface area (Å²) in [7, 11) is 2.95. The first-order valence-corrected chi connectivity index (χ1v) is 6.44. The molecule has 0 aliphatic carbocycles. The molecule has 0 fully saturated rings. The van der Waals surface area contributed by atoms with E-state index in [9.17, 15) is 14.9 Å². The number of nitro benzene ring substituents is 1. The second kappa shape index (κ2) is 5.03. The number of ether oxygens (including phenoxy) is 2. The van der Waals surface area contributed by atoms with Gasteiger partial charge in [0.05, 0.1) is 23.4 Å². The lowest BCUT2D eigenvalue weighted by Crippen LogP contribution is -2.17. The molecular weight excluding hydrogens is 288 g/mol. The summed E-state index contributed by atoms with van der Waals surface area (Å²) in [5.74, 6) is 0.203. The average Bonchev–Trinajstić information content (AvgIpc) is 2.53. The van der Waals surface area contributed by atoms with Crippen LogP contribution in [0.25, 0.3) is 0 Å². The van der Waals surface area contributed by atoms with E-state index in [1.54, 1.807) is 18.0 Å². The number of benzene rings is 2. The van der Waals surface area contributed by atoms with E-state index >= 15 is 0 Å². The van der Waals surface area contributed by atoms with Gasteiger partial charge in [0.25, 0.3) is 5.69 Å². The molecule has 2 aromatic rings. The molecule has 3 rings (SSSR count). The molecule has 0 atom stereocenters. The minimum Gasteiger partial charge on any atom is -0.465 e. The first kappa shape index (κ1) is 13.9. The van der Waals surface area contributed by atoms with E-state index in [1.807, 2.05) is 18.2 Å². The smallest absolute Gasteiger partial charge is 0.345 e. The largest absolute Gasteiger partial charge is 0.465 e. The van der Waals surface area contributed by atoms with Crippen LogP contribution in [0.2, 0.25) is 0 Å². The van der Waals surface area contributed by atoms with Gasteiger partial charge in [-0.25, -0.2) is 4.79 Å². The van der Waals surface area contributed by atoms with Gasteiger partial charge in [0, 0.05) is 19.2 Å². The highest BCUT2D eigenvalue weighted by Gasteiger charge is 2.29. The third-order valence-corrected chi connectivity index (χ3v) is 3.49. The summed E-state index contributed by atoms with van der Waals surface area (Å²) in [6.07, 6.45) is 0. The maximum Gasteiger partial charge on any atom is 0.345 e. The van der Waals surface area contributed by atoms with Crippen molar-refractivity contribution in [1.29, 1.82) is 0 Å². The lowest BCUT2D eigenvalue weighted by molar-refractivity contribution is -0.385. The number of esters is 1. The summed E-state index contributed by atoms with van der Waals surface area (Å²) in [5, 5.41) is 11.2. The number of nitrogens with zero attached hydrogens (tertiary/aromatic N) is 2. The topological polar surface area (TPSA) is 81.9 Å². The number of rotatable bonds is 2. The molecule has 7 nitrogen and oxygen atoms in total. The van der Waals surface area contributed by atoms with Crippen LogP contribution in [0, 0.1) is 10.1 Å². The maximum atomic E-state index is 11.8. The first-order chi connectivity index (χ1) is 10.5. The van der Waals surface area contributed by atoms with Gasteiger partial charge in [-0.15, -0.1) is 0 Å². The molecular formula is C15H12N2O5. The summed E-state index contributed by atoms with van der Waals surface area (Å²) in [5.41, 5.74) is 0.840. The number of fused-ring (bicyclic) bond motifs is 2. The highest BCUT2D eigenvalue weighted by Crippen LogP contribution is 2.47. The van der Waals surface area contributed by atoms with Crippen molar-refractivity contribution >= 4 is 23.0 Å². The van der Waals surface area contributed by atoms with E-state index in [-0.39, 0.29) is 11.3 Å². The Hall–Kier alpha value is -3.09. The van der Waals surface area contributed by atoms with Crippen LogP contribution in [0.5, 0.6) is 11.5 Å². The van der Waals surface area contributed by atoms with Gasteiger partial charge in [0.2, 0.25) is 0 Å². The zero-order valence-corrected chi connectivity index (χ0v) is 11.9. The number of methoxy groups -OCH3 is 1. The molecule has 0 saturated carbocycles. The molecule has 0 radical (unpaired) electrons. The summed E-state index contributed by atoms with van der Waals surface area (Å²) in [6, 6.07) is 9.96. The van der Waals surface area contributed by atoms with Crippen molar-refractivity contribution in [2.24, 2.45) is 0 Å². The van der Waals surface area contributed by atoms with Gasteiger partial charge in [0.15, 0.2) is 11.5 Å². The van der Waals surface area contributed by atoms with E-state index in [4.69, 9.17) is 4.74 Å². The molecule has 1 heterocycles. The Morgan fingerprint density at radius 3 is 2.64 bits per heavy atom. The standard InChI is InChI=1S/C15H12N2O5/c1-16-10-5-3-4-6-13(10)22-14-7-9(15(18)21-2)11(17(19)20)8-12(14)16/h3-8H,1-2H3. The van der Waals surface area contributed by atoms with Crippen LogP contribution in [0.1, 0.15) is 10.4 Å². The van der Waals surface area contributed by atoms with Gasteiger partial charge < -0.3 is 14.4 Å². The fourth-order valence-electron chi connectivity index (χ4n) is 2.39. The monoisotopic (exact) mass is 300 g/mol. The van der Waals surface area contributed by atoms with Gasteiger partial charge in [-0.3, -0.25) is 10.1 Å². The summed E-state index contributed by atoms with van der Waals surface area (Å²) in [6.45, 7) is 0. The lowest BCUT2D eigenvalue weighted by atomic mass is 10.1. The zero-order valence-electron chi connectivity index (χ0n) is 11.9. The van der Waals surface area contributed by atoms with Crippen molar-refractivity contribution < 1.29 is 19.2 Å². The van der Waals surface area contributed by atoms with Gasteiger partial charge in [-0.1, -0.05) is 12.1 Å². The van der Waals surface area contributed by atoms with Crippen LogP contribution in [0.15, 0.2) is 36.4 Å². The van der Waals surface area contributed by atoms with Crippen LogP contribution < -0.4 is 9.64 Å². The average molecular weight is 300 g/mol. The van der Waals surface area contributed by atoms with E-state index < -0.39 is 10.9 Å². The number of carbonyl (C=O) groups excluding carboxylic acids is 1. The summed E-state index contributed by atoms with van der Waals surface area (Å²) >= 11 is 0. The number of carbonyl (C=O) groups is 1. The third kappa shape index (κ3) is 2.03. The van der Waals surface area contributed by atoms with Gasteiger partial charge in [0.1, 0.15) is 5.56 Å². The molecule has 1 aliphatic rings. The Balaban J connectivity index is 2.20. The van der Waals surface area contributed by atoms with E-state index in [0.29, 0.717) is 17.2 Å². The number of hydrogen-bond donors (Lipinski definition) is 0. The van der Waals surface area contributed by atoms with E-state index in [2.05, 4.69) is 4.74 Å².